The molecule has 1 aromatic heterocycles. The maximum atomic E-state index is 10.8. The number of hydrogen-bond donors (Lipinski definition) is 1. The molecule has 0 amide bonds. The first-order valence-corrected chi connectivity index (χ1v) is 8.96. The van der Waals surface area contributed by atoms with Crippen molar-refractivity contribution in [3.8, 4) is 22.1 Å². The van der Waals surface area contributed by atoms with E-state index in [0.29, 0.717) is 23.8 Å². The third kappa shape index (κ3) is 4.21. The maximum absolute atomic E-state index is 10.8. The fraction of sp³-hybridized carbons (Fsp3) is 0.200. The van der Waals surface area contributed by atoms with Crippen LogP contribution < -0.4 is 9.47 Å². The van der Waals surface area contributed by atoms with Gasteiger partial charge in [0, 0.05) is 10.9 Å². The van der Waals surface area contributed by atoms with Crippen molar-refractivity contribution >= 4 is 17.3 Å². The monoisotopic (exact) mass is 369 g/mol. The fourth-order valence-electron chi connectivity index (χ4n) is 2.53. The smallest absolute Gasteiger partial charge is 0.309 e. The second-order valence-electron chi connectivity index (χ2n) is 5.80. The number of benzene rings is 2. The van der Waals surface area contributed by atoms with Gasteiger partial charge in [-0.1, -0.05) is 24.3 Å². The van der Waals surface area contributed by atoms with Crippen LogP contribution in [0.25, 0.3) is 10.6 Å². The van der Waals surface area contributed by atoms with Gasteiger partial charge >= 0.3 is 5.97 Å². The summed E-state index contributed by atoms with van der Waals surface area (Å²) in [5.74, 6) is 0.381. The zero-order valence-corrected chi connectivity index (χ0v) is 15.4. The maximum Gasteiger partial charge on any atom is 0.309 e. The summed E-state index contributed by atoms with van der Waals surface area (Å²) in [4.78, 5) is 15.2. The first-order valence-electron chi connectivity index (χ1n) is 8.08. The SMILES string of the molecule is COc1ccc(-c2nc(CC(=O)O)cs2)cc1OCc1ccccc1C. The molecule has 0 aliphatic rings. The van der Waals surface area contributed by atoms with E-state index in [0.717, 1.165) is 16.1 Å². The van der Waals surface area contributed by atoms with Gasteiger partial charge in [0.05, 0.1) is 19.2 Å². The number of methoxy groups -OCH3 is 1. The number of aromatic nitrogens is 1. The van der Waals surface area contributed by atoms with Crippen molar-refractivity contribution < 1.29 is 19.4 Å². The highest BCUT2D eigenvalue weighted by molar-refractivity contribution is 7.13. The molecule has 6 heteroatoms. The highest BCUT2D eigenvalue weighted by Gasteiger charge is 2.12. The highest BCUT2D eigenvalue weighted by atomic mass is 32.1. The van der Waals surface area contributed by atoms with E-state index in [4.69, 9.17) is 14.6 Å². The lowest BCUT2D eigenvalue weighted by Gasteiger charge is -2.13. The lowest BCUT2D eigenvalue weighted by molar-refractivity contribution is -0.136. The zero-order valence-electron chi connectivity index (χ0n) is 14.6. The van der Waals surface area contributed by atoms with E-state index < -0.39 is 5.97 Å². The molecule has 1 heterocycles. The van der Waals surface area contributed by atoms with Gasteiger partial charge in [0.2, 0.25) is 0 Å². The molecule has 0 atom stereocenters. The van der Waals surface area contributed by atoms with Gasteiger partial charge in [-0.05, 0) is 36.2 Å². The summed E-state index contributed by atoms with van der Waals surface area (Å²) in [6.07, 6.45) is -0.0801. The van der Waals surface area contributed by atoms with Crippen molar-refractivity contribution in [2.24, 2.45) is 0 Å². The number of carboxylic acid groups (broad SMARTS) is 1. The van der Waals surface area contributed by atoms with E-state index in [-0.39, 0.29) is 6.42 Å². The Kier molecular flexibility index (Phi) is 5.53. The topological polar surface area (TPSA) is 68.7 Å². The number of hydrogen-bond acceptors (Lipinski definition) is 5. The van der Waals surface area contributed by atoms with E-state index in [1.165, 1.54) is 16.9 Å². The predicted octanol–water partition coefficient (Wildman–Crippen LogP) is 4.33. The molecule has 0 bridgehead atoms. The van der Waals surface area contributed by atoms with Crippen molar-refractivity contribution in [2.75, 3.05) is 7.11 Å². The summed E-state index contributed by atoms with van der Waals surface area (Å²) >= 11 is 1.41. The molecule has 0 aliphatic heterocycles. The summed E-state index contributed by atoms with van der Waals surface area (Å²) in [5, 5.41) is 11.4. The Morgan fingerprint density at radius 3 is 2.73 bits per heavy atom. The normalized spacial score (nSPS) is 10.5. The molecule has 0 spiro atoms. The van der Waals surface area contributed by atoms with Crippen molar-refractivity contribution in [3.05, 3.63) is 64.7 Å². The summed E-state index contributed by atoms with van der Waals surface area (Å²) < 4.78 is 11.4. The number of nitrogens with zero attached hydrogens (tertiary/aromatic N) is 1. The minimum absolute atomic E-state index is 0.0801. The van der Waals surface area contributed by atoms with Crippen molar-refractivity contribution in [1.29, 1.82) is 0 Å². The van der Waals surface area contributed by atoms with Crippen LogP contribution in [0.15, 0.2) is 47.8 Å². The van der Waals surface area contributed by atoms with Gasteiger partial charge in [-0.25, -0.2) is 4.98 Å². The lowest BCUT2D eigenvalue weighted by Crippen LogP contribution is -2.00. The molecule has 5 nitrogen and oxygen atoms in total. The van der Waals surface area contributed by atoms with Gasteiger partial charge in [-0.2, -0.15) is 0 Å². The number of aryl methyl sites for hydroxylation is 1. The molecule has 0 unspecified atom stereocenters. The first kappa shape index (κ1) is 17.9. The molecule has 26 heavy (non-hydrogen) atoms. The summed E-state index contributed by atoms with van der Waals surface area (Å²) in [5.41, 5.74) is 3.70. The van der Waals surface area contributed by atoms with E-state index in [9.17, 15) is 4.79 Å². The molecule has 3 rings (SSSR count). The molecule has 0 saturated heterocycles. The Labute approximate surface area is 155 Å². The lowest BCUT2D eigenvalue weighted by atomic mass is 10.1. The number of thiazole rings is 1. The highest BCUT2D eigenvalue weighted by Crippen LogP contribution is 2.34. The predicted molar refractivity (Wildman–Crippen MR) is 101 cm³/mol. The van der Waals surface area contributed by atoms with Gasteiger partial charge in [0.25, 0.3) is 0 Å². The number of carbonyl (C=O) groups is 1. The van der Waals surface area contributed by atoms with Gasteiger partial charge < -0.3 is 14.6 Å². The van der Waals surface area contributed by atoms with Crippen molar-refractivity contribution in [3.63, 3.8) is 0 Å². The van der Waals surface area contributed by atoms with Gasteiger partial charge in [0.15, 0.2) is 11.5 Å². The van der Waals surface area contributed by atoms with E-state index in [1.807, 2.05) is 49.4 Å². The van der Waals surface area contributed by atoms with Crippen molar-refractivity contribution in [2.45, 2.75) is 20.0 Å². The minimum atomic E-state index is -0.890. The van der Waals surface area contributed by atoms with Gasteiger partial charge in [-0.15, -0.1) is 11.3 Å². The average Bonchev–Trinajstić information content (AvgIpc) is 3.08. The molecular weight excluding hydrogens is 350 g/mol. The van der Waals surface area contributed by atoms with Crippen LogP contribution in [0.1, 0.15) is 16.8 Å². The van der Waals surface area contributed by atoms with Crippen LogP contribution in [0.5, 0.6) is 11.5 Å². The molecule has 2 aromatic carbocycles. The van der Waals surface area contributed by atoms with Gasteiger partial charge in [-0.3, -0.25) is 4.79 Å². The Bertz CT molecular complexity index is 920. The largest absolute Gasteiger partial charge is 0.493 e. The summed E-state index contributed by atoms with van der Waals surface area (Å²) in [6.45, 7) is 2.49. The van der Waals surface area contributed by atoms with E-state index in [1.54, 1.807) is 12.5 Å². The molecule has 0 saturated carbocycles. The Morgan fingerprint density at radius 1 is 1.19 bits per heavy atom. The second-order valence-corrected chi connectivity index (χ2v) is 6.65. The van der Waals surface area contributed by atoms with E-state index >= 15 is 0 Å². The van der Waals surface area contributed by atoms with Crippen LogP contribution in [0, 0.1) is 6.92 Å². The van der Waals surface area contributed by atoms with Crippen LogP contribution in [0.3, 0.4) is 0 Å². The average molecular weight is 369 g/mol. The third-order valence-electron chi connectivity index (χ3n) is 3.94. The van der Waals surface area contributed by atoms with Crippen LogP contribution in [0.2, 0.25) is 0 Å². The molecule has 0 aliphatic carbocycles. The molecule has 3 aromatic rings. The Hall–Kier alpha value is -2.86. The summed E-state index contributed by atoms with van der Waals surface area (Å²) in [7, 11) is 1.60. The van der Waals surface area contributed by atoms with E-state index in [2.05, 4.69) is 4.98 Å². The molecule has 1 N–H and O–H groups in total. The quantitative estimate of drug-likeness (QED) is 0.671. The Morgan fingerprint density at radius 2 is 2.00 bits per heavy atom. The molecule has 134 valence electrons. The molecular formula is C20H19NO4S. The minimum Gasteiger partial charge on any atom is -0.493 e. The zero-order chi connectivity index (χ0) is 18.5. The summed E-state index contributed by atoms with van der Waals surface area (Å²) in [6, 6.07) is 13.7. The number of aliphatic carboxylic acids is 1. The van der Waals surface area contributed by atoms with Crippen LogP contribution in [-0.2, 0) is 17.8 Å². The number of ether oxygens (including phenoxy) is 2. The number of carboxylic acids is 1. The van der Waals surface area contributed by atoms with Crippen molar-refractivity contribution in [1.82, 2.24) is 4.98 Å². The third-order valence-corrected chi connectivity index (χ3v) is 4.88. The Balaban J connectivity index is 1.83. The van der Waals surface area contributed by atoms with Crippen LogP contribution >= 0.6 is 11.3 Å². The second kappa shape index (κ2) is 8.01. The molecule has 0 fully saturated rings. The number of rotatable bonds is 7. The van der Waals surface area contributed by atoms with Crippen LogP contribution in [-0.4, -0.2) is 23.2 Å². The molecule has 0 radical (unpaired) electrons. The fourth-order valence-corrected chi connectivity index (χ4v) is 3.34. The standard InChI is InChI=1S/C20H19NO4S/c1-13-5-3-4-6-15(13)11-25-18-9-14(7-8-17(18)24-2)20-21-16(12-26-20)10-19(22)23/h3-9,12H,10-11H2,1-2H3,(H,22,23). The first-order chi connectivity index (χ1) is 12.6. The van der Waals surface area contributed by atoms with Gasteiger partial charge in [0.1, 0.15) is 11.6 Å². The van der Waals surface area contributed by atoms with Crippen LogP contribution in [0.4, 0.5) is 0 Å².